The number of fused-ring (bicyclic) bond motifs is 8. The van der Waals surface area contributed by atoms with Crippen molar-refractivity contribution < 1.29 is 4.40 Å². The Kier molecular flexibility index (Phi) is 4.73. The van der Waals surface area contributed by atoms with Gasteiger partial charge in [-0.3, -0.25) is 4.98 Å². The highest BCUT2D eigenvalue weighted by Gasteiger charge is 2.27. The third-order valence-corrected chi connectivity index (χ3v) is 6.40. The number of hydrogen-bond donors (Lipinski definition) is 0. The third kappa shape index (κ3) is 3.10. The largest absolute Gasteiger partial charge is 0.297 e. The fourth-order valence-corrected chi connectivity index (χ4v) is 5.24. The van der Waals surface area contributed by atoms with Crippen molar-refractivity contribution in [3.63, 3.8) is 0 Å². The van der Waals surface area contributed by atoms with E-state index < -0.39 is 0 Å². The first kappa shape index (κ1) is 20.0. The number of nitrogens with zero attached hydrogens (tertiary/aromatic N) is 3. The van der Waals surface area contributed by atoms with Crippen LogP contribution in [-0.2, 0) is 19.9 Å². The number of hydrogen-bond acceptors (Lipinski definition) is 1. The van der Waals surface area contributed by atoms with Gasteiger partial charge in [-0.15, -0.1) is 0 Å². The van der Waals surface area contributed by atoms with E-state index in [0.29, 0.717) is 11.8 Å². The van der Waals surface area contributed by atoms with E-state index in [4.69, 9.17) is 4.98 Å². The average Bonchev–Trinajstić information content (AvgIpc) is 3.00. The average molecular weight is 411 g/mol. The molecule has 0 spiro atoms. The maximum atomic E-state index is 4.83. The number of pyridine rings is 2. The van der Waals surface area contributed by atoms with E-state index in [1.807, 2.05) is 6.20 Å². The Bertz CT molecular complexity index is 1450. The van der Waals surface area contributed by atoms with Gasteiger partial charge in [0.05, 0.1) is 18.0 Å². The Morgan fingerprint density at radius 2 is 1.71 bits per heavy atom. The number of benzene rings is 2. The van der Waals surface area contributed by atoms with E-state index in [1.54, 1.807) is 0 Å². The van der Waals surface area contributed by atoms with Gasteiger partial charge in [0.15, 0.2) is 11.0 Å². The normalized spacial score (nSPS) is 12.4. The van der Waals surface area contributed by atoms with Crippen molar-refractivity contribution in [3.05, 3.63) is 65.4 Å². The van der Waals surface area contributed by atoms with Gasteiger partial charge in [0, 0.05) is 17.1 Å². The maximum absolute atomic E-state index is 4.83. The van der Waals surface area contributed by atoms with Crippen LogP contribution in [0, 0.1) is 18.8 Å². The summed E-state index contributed by atoms with van der Waals surface area (Å²) in [5.41, 5.74) is 10.4. The minimum Gasteiger partial charge on any atom is -0.255 e. The molecule has 0 unspecified atom stereocenters. The first-order chi connectivity index (χ1) is 14.9. The van der Waals surface area contributed by atoms with Crippen LogP contribution in [0.2, 0.25) is 0 Å². The Labute approximate surface area is 184 Å². The molecule has 0 fully saturated rings. The predicted molar refractivity (Wildman–Crippen MR) is 131 cm³/mol. The van der Waals surface area contributed by atoms with Crippen LogP contribution in [0.25, 0.3) is 38.5 Å². The summed E-state index contributed by atoms with van der Waals surface area (Å²) in [5.74, 6) is 1.24. The highest BCUT2D eigenvalue weighted by atomic mass is 15.1. The second-order valence-corrected chi connectivity index (χ2v) is 9.91. The molecule has 0 radical (unpaired) electrons. The van der Waals surface area contributed by atoms with Gasteiger partial charge in [0.1, 0.15) is 5.52 Å². The topological polar surface area (TPSA) is 21.9 Å². The predicted octanol–water partition coefficient (Wildman–Crippen LogP) is 6.32. The maximum Gasteiger partial charge on any atom is 0.297 e. The molecule has 0 aliphatic rings. The van der Waals surface area contributed by atoms with E-state index >= 15 is 0 Å². The molecular weight excluding hydrogens is 378 g/mol. The SMILES string of the molecule is Cc1ccnc2c3ccccc3[n+]3c4c(CC(C)C)cc(CC(C)C)cc4n(C)c3c12. The first-order valence-corrected chi connectivity index (χ1v) is 11.5. The van der Waals surface area contributed by atoms with Crippen LogP contribution in [0.5, 0.6) is 0 Å². The van der Waals surface area contributed by atoms with E-state index in [0.717, 1.165) is 18.4 Å². The van der Waals surface area contributed by atoms with Crippen LogP contribution in [-0.4, -0.2) is 9.55 Å². The molecule has 0 atom stereocenters. The third-order valence-electron chi connectivity index (χ3n) is 6.40. The van der Waals surface area contributed by atoms with Gasteiger partial charge in [-0.25, -0.2) is 4.57 Å². The molecular formula is C28H32N3+. The highest BCUT2D eigenvalue weighted by Crippen LogP contribution is 2.32. The Morgan fingerprint density at radius 1 is 0.968 bits per heavy atom. The van der Waals surface area contributed by atoms with Gasteiger partial charge in [-0.05, 0) is 67.0 Å². The number of rotatable bonds is 4. The Morgan fingerprint density at radius 3 is 2.45 bits per heavy atom. The molecule has 0 saturated carbocycles. The molecule has 0 aliphatic heterocycles. The summed E-state index contributed by atoms with van der Waals surface area (Å²) in [4.78, 5) is 4.83. The molecule has 0 bridgehead atoms. The van der Waals surface area contributed by atoms with Crippen LogP contribution in [0.4, 0.5) is 0 Å². The highest BCUT2D eigenvalue weighted by molar-refractivity contribution is 6.09. The molecule has 5 rings (SSSR count). The molecule has 5 aromatic rings. The summed E-state index contributed by atoms with van der Waals surface area (Å²) < 4.78 is 4.89. The minimum absolute atomic E-state index is 0.600. The lowest BCUT2D eigenvalue weighted by Gasteiger charge is -2.10. The molecule has 0 saturated heterocycles. The summed E-state index contributed by atoms with van der Waals surface area (Å²) >= 11 is 0. The first-order valence-electron chi connectivity index (χ1n) is 11.5. The molecule has 0 amide bonds. The summed E-state index contributed by atoms with van der Waals surface area (Å²) in [5, 5.41) is 2.47. The number of para-hydroxylation sites is 1. The lowest BCUT2D eigenvalue weighted by atomic mass is 9.95. The minimum atomic E-state index is 0.600. The van der Waals surface area contributed by atoms with E-state index in [2.05, 4.69) is 93.1 Å². The molecule has 3 nitrogen and oxygen atoms in total. The van der Waals surface area contributed by atoms with Crippen molar-refractivity contribution >= 4 is 38.5 Å². The van der Waals surface area contributed by atoms with Gasteiger partial charge < -0.3 is 0 Å². The fraction of sp³-hybridized carbons (Fsp3) is 0.357. The number of aromatic nitrogens is 3. The lowest BCUT2D eigenvalue weighted by Crippen LogP contribution is -2.24. The zero-order valence-corrected chi connectivity index (χ0v) is 19.5. The van der Waals surface area contributed by atoms with Crippen LogP contribution in [0.15, 0.2) is 48.7 Å². The van der Waals surface area contributed by atoms with Crippen molar-refractivity contribution in [1.82, 2.24) is 9.55 Å². The van der Waals surface area contributed by atoms with Crippen LogP contribution < -0.4 is 4.40 Å². The number of aryl methyl sites for hydroxylation is 2. The lowest BCUT2D eigenvalue weighted by molar-refractivity contribution is -0.449. The smallest absolute Gasteiger partial charge is 0.255 e. The van der Waals surface area contributed by atoms with Crippen LogP contribution in [0.1, 0.15) is 44.4 Å². The standard InChI is InChI=1S/C28H32N3/c1-17(2)13-20-15-21(14-18(3)4)27-24(16-20)30(6)28-25-19(5)11-12-29-26(25)22-9-7-8-10-23(22)31(27)28/h7-12,15-18H,13-14H2,1-6H3/q+1. The quantitative estimate of drug-likeness (QED) is 0.251. The zero-order chi connectivity index (χ0) is 21.9. The zero-order valence-electron chi connectivity index (χ0n) is 19.5. The van der Waals surface area contributed by atoms with E-state index in [1.165, 1.54) is 49.7 Å². The summed E-state index contributed by atoms with van der Waals surface area (Å²) in [6, 6.07) is 15.7. The van der Waals surface area contributed by atoms with E-state index in [9.17, 15) is 0 Å². The van der Waals surface area contributed by atoms with Crippen molar-refractivity contribution in [3.8, 4) is 0 Å². The fourth-order valence-electron chi connectivity index (χ4n) is 5.24. The molecule has 158 valence electrons. The molecule has 0 aliphatic carbocycles. The van der Waals surface area contributed by atoms with Gasteiger partial charge >= 0.3 is 0 Å². The van der Waals surface area contributed by atoms with Crippen molar-refractivity contribution in [1.29, 1.82) is 0 Å². The van der Waals surface area contributed by atoms with Crippen molar-refractivity contribution in [2.45, 2.75) is 47.5 Å². The summed E-state index contributed by atoms with van der Waals surface area (Å²) in [7, 11) is 2.22. The Hall–Kier alpha value is -2.94. The molecule has 0 N–H and O–H groups in total. The summed E-state index contributed by atoms with van der Waals surface area (Å²) in [6.45, 7) is 11.4. The monoisotopic (exact) mass is 410 g/mol. The van der Waals surface area contributed by atoms with Crippen molar-refractivity contribution in [2.24, 2.45) is 18.9 Å². The second-order valence-electron chi connectivity index (χ2n) is 9.91. The molecule has 3 heterocycles. The van der Waals surface area contributed by atoms with Gasteiger partial charge in [0.2, 0.25) is 0 Å². The summed E-state index contributed by atoms with van der Waals surface area (Å²) in [6.07, 6.45) is 4.12. The van der Waals surface area contributed by atoms with Crippen LogP contribution in [0.3, 0.4) is 0 Å². The molecule has 3 heteroatoms. The molecule has 31 heavy (non-hydrogen) atoms. The van der Waals surface area contributed by atoms with E-state index in [-0.39, 0.29) is 0 Å². The Balaban J connectivity index is 2.07. The van der Waals surface area contributed by atoms with Gasteiger partial charge in [-0.2, -0.15) is 4.40 Å². The molecule has 2 aromatic carbocycles. The van der Waals surface area contributed by atoms with Crippen LogP contribution >= 0.6 is 0 Å². The number of imidazole rings is 1. The van der Waals surface area contributed by atoms with Gasteiger partial charge in [-0.1, -0.05) is 45.9 Å². The molecule has 3 aromatic heterocycles. The van der Waals surface area contributed by atoms with Crippen molar-refractivity contribution in [2.75, 3.05) is 0 Å². The van der Waals surface area contributed by atoms with Gasteiger partial charge in [0.25, 0.3) is 5.65 Å². The second kappa shape index (κ2) is 7.33.